The van der Waals surface area contributed by atoms with E-state index >= 15 is 0 Å². The molecular formula is C18H30N4O. The zero-order chi connectivity index (χ0) is 16.2. The lowest BCUT2D eigenvalue weighted by Gasteiger charge is -2.32. The van der Waals surface area contributed by atoms with Gasteiger partial charge >= 0.3 is 0 Å². The molecule has 5 nitrogen and oxygen atoms in total. The van der Waals surface area contributed by atoms with E-state index in [-0.39, 0.29) is 0 Å². The fraction of sp³-hybridized carbons (Fsp3) is 0.833. The van der Waals surface area contributed by atoms with E-state index in [0.29, 0.717) is 23.8 Å². The van der Waals surface area contributed by atoms with Crippen molar-refractivity contribution in [2.75, 3.05) is 13.1 Å². The molecular weight excluding hydrogens is 288 g/mol. The maximum absolute atomic E-state index is 12.4. The first-order chi connectivity index (χ1) is 11.1. The third-order valence-electron chi connectivity index (χ3n) is 5.30. The van der Waals surface area contributed by atoms with E-state index in [1.54, 1.807) is 0 Å². The summed E-state index contributed by atoms with van der Waals surface area (Å²) in [5.41, 5.74) is 1.08. The molecule has 128 valence electrons. The number of carbonyl (C=O) groups is 1. The minimum atomic E-state index is 0.370. The highest BCUT2D eigenvalue weighted by atomic mass is 16.2. The third kappa shape index (κ3) is 4.33. The second-order valence-corrected chi connectivity index (χ2v) is 7.75. The average Bonchev–Trinajstić information content (AvgIpc) is 3.19. The molecule has 0 bridgehead atoms. The second-order valence-electron chi connectivity index (χ2n) is 7.75. The summed E-state index contributed by atoms with van der Waals surface area (Å²) < 4.78 is 2.02. The van der Waals surface area contributed by atoms with Crippen molar-refractivity contribution < 1.29 is 4.79 Å². The molecule has 2 heterocycles. The molecule has 2 aliphatic rings. The van der Waals surface area contributed by atoms with E-state index < -0.39 is 0 Å². The van der Waals surface area contributed by atoms with Gasteiger partial charge in [0, 0.05) is 25.7 Å². The molecule has 1 aromatic heterocycles. The van der Waals surface area contributed by atoms with Crippen LogP contribution in [0.5, 0.6) is 0 Å². The Bertz CT molecular complexity index is 511. The van der Waals surface area contributed by atoms with E-state index in [4.69, 9.17) is 0 Å². The highest BCUT2D eigenvalue weighted by Crippen LogP contribution is 2.29. The van der Waals surface area contributed by atoms with Crippen LogP contribution in [0.15, 0.2) is 6.20 Å². The molecule has 0 N–H and O–H groups in total. The molecule has 0 aromatic carbocycles. The van der Waals surface area contributed by atoms with Crippen molar-refractivity contribution >= 4 is 5.91 Å². The van der Waals surface area contributed by atoms with Crippen molar-refractivity contribution in [1.29, 1.82) is 0 Å². The van der Waals surface area contributed by atoms with Gasteiger partial charge in [0.25, 0.3) is 0 Å². The molecule has 1 aromatic rings. The number of hydrogen-bond donors (Lipinski definition) is 0. The first-order valence-corrected chi connectivity index (χ1v) is 9.30. The molecule has 1 saturated carbocycles. The van der Waals surface area contributed by atoms with Gasteiger partial charge in [0.15, 0.2) is 0 Å². The van der Waals surface area contributed by atoms with Crippen LogP contribution in [0.25, 0.3) is 0 Å². The van der Waals surface area contributed by atoms with E-state index in [1.807, 2.05) is 4.68 Å². The standard InChI is InChI=1S/C18H30N4O/c1-14(2)11-16-13-22(20-19-16)17-7-9-21(10-8-17)18(23)12-15-5-3-4-6-15/h13-15,17H,3-12H2,1-2H3. The van der Waals surface area contributed by atoms with Gasteiger partial charge in [0.05, 0.1) is 11.7 Å². The van der Waals surface area contributed by atoms with Gasteiger partial charge in [0.1, 0.15) is 0 Å². The Balaban J connectivity index is 1.47. The summed E-state index contributed by atoms with van der Waals surface area (Å²) in [6.07, 6.45) is 11.0. The van der Waals surface area contributed by atoms with Crippen LogP contribution >= 0.6 is 0 Å². The quantitative estimate of drug-likeness (QED) is 0.837. The summed E-state index contributed by atoms with van der Waals surface area (Å²) in [6, 6.07) is 0.402. The number of carbonyl (C=O) groups excluding carboxylic acids is 1. The van der Waals surface area contributed by atoms with Gasteiger partial charge in [-0.3, -0.25) is 4.79 Å². The second kappa shape index (κ2) is 7.45. The molecule has 5 heteroatoms. The molecule has 0 unspecified atom stereocenters. The van der Waals surface area contributed by atoms with Crippen LogP contribution in [-0.2, 0) is 11.2 Å². The Morgan fingerprint density at radius 2 is 1.91 bits per heavy atom. The monoisotopic (exact) mass is 318 g/mol. The maximum atomic E-state index is 12.4. The molecule has 3 rings (SSSR count). The van der Waals surface area contributed by atoms with Crippen LogP contribution < -0.4 is 0 Å². The highest BCUT2D eigenvalue weighted by molar-refractivity contribution is 5.76. The fourth-order valence-corrected chi connectivity index (χ4v) is 3.97. The molecule has 1 aliphatic carbocycles. The van der Waals surface area contributed by atoms with Crippen LogP contribution in [-0.4, -0.2) is 38.9 Å². The van der Waals surface area contributed by atoms with Gasteiger partial charge in [-0.2, -0.15) is 0 Å². The zero-order valence-corrected chi connectivity index (χ0v) is 14.6. The summed E-state index contributed by atoms with van der Waals surface area (Å²) in [6.45, 7) is 6.14. The van der Waals surface area contributed by atoms with Crippen molar-refractivity contribution in [2.24, 2.45) is 11.8 Å². The summed E-state index contributed by atoms with van der Waals surface area (Å²) in [4.78, 5) is 14.5. The highest BCUT2D eigenvalue weighted by Gasteiger charge is 2.27. The van der Waals surface area contributed by atoms with Crippen molar-refractivity contribution in [3.8, 4) is 0 Å². The summed E-state index contributed by atoms with van der Waals surface area (Å²) in [7, 11) is 0. The predicted octanol–water partition coefficient (Wildman–Crippen LogP) is 3.22. The SMILES string of the molecule is CC(C)Cc1cn(C2CCN(C(=O)CC3CCCC3)CC2)nn1. The molecule has 2 fully saturated rings. The van der Waals surface area contributed by atoms with Gasteiger partial charge in [-0.1, -0.05) is 31.9 Å². The van der Waals surface area contributed by atoms with Crippen LogP contribution in [0, 0.1) is 11.8 Å². The Morgan fingerprint density at radius 1 is 1.22 bits per heavy atom. The van der Waals surface area contributed by atoms with Crippen LogP contribution in [0.1, 0.15) is 70.5 Å². The van der Waals surface area contributed by atoms with Crippen molar-refractivity contribution in [3.05, 3.63) is 11.9 Å². The van der Waals surface area contributed by atoms with Crippen molar-refractivity contribution in [2.45, 2.75) is 71.3 Å². The predicted molar refractivity (Wildman–Crippen MR) is 90.0 cm³/mol. The minimum absolute atomic E-state index is 0.370. The van der Waals surface area contributed by atoms with E-state index in [1.165, 1.54) is 25.7 Å². The molecule has 0 atom stereocenters. The first kappa shape index (κ1) is 16.5. The molecule has 1 amide bonds. The van der Waals surface area contributed by atoms with E-state index in [2.05, 4.69) is 35.3 Å². The molecule has 23 heavy (non-hydrogen) atoms. The molecule has 0 spiro atoms. The lowest BCUT2D eigenvalue weighted by molar-refractivity contribution is -0.133. The lowest BCUT2D eigenvalue weighted by Crippen LogP contribution is -2.39. The zero-order valence-electron chi connectivity index (χ0n) is 14.6. The molecule has 1 aliphatic heterocycles. The van der Waals surface area contributed by atoms with Crippen LogP contribution in [0.2, 0.25) is 0 Å². The number of aromatic nitrogens is 3. The number of piperidine rings is 1. The van der Waals surface area contributed by atoms with Crippen LogP contribution in [0.3, 0.4) is 0 Å². The summed E-state index contributed by atoms with van der Waals surface area (Å²) in [5, 5.41) is 8.60. The summed E-state index contributed by atoms with van der Waals surface area (Å²) in [5.74, 6) is 1.62. The van der Waals surface area contributed by atoms with Gasteiger partial charge < -0.3 is 4.90 Å². The van der Waals surface area contributed by atoms with Gasteiger partial charge in [0.2, 0.25) is 5.91 Å². The van der Waals surface area contributed by atoms with Gasteiger partial charge in [-0.05, 0) is 43.9 Å². The smallest absolute Gasteiger partial charge is 0.222 e. The number of rotatable bonds is 5. The van der Waals surface area contributed by atoms with Crippen molar-refractivity contribution in [3.63, 3.8) is 0 Å². The lowest BCUT2D eigenvalue weighted by atomic mass is 10.0. The topological polar surface area (TPSA) is 51.0 Å². The Morgan fingerprint density at radius 3 is 2.57 bits per heavy atom. The average molecular weight is 318 g/mol. The normalized spacial score (nSPS) is 20.6. The third-order valence-corrected chi connectivity index (χ3v) is 5.30. The first-order valence-electron chi connectivity index (χ1n) is 9.30. The fourth-order valence-electron chi connectivity index (χ4n) is 3.97. The largest absolute Gasteiger partial charge is 0.343 e. The Labute approximate surface area is 139 Å². The van der Waals surface area contributed by atoms with E-state index in [0.717, 1.165) is 44.5 Å². The number of nitrogens with zero attached hydrogens (tertiary/aromatic N) is 4. The Hall–Kier alpha value is -1.39. The summed E-state index contributed by atoms with van der Waals surface area (Å²) >= 11 is 0. The number of hydrogen-bond acceptors (Lipinski definition) is 3. The molecule has 0 radical (unpaired) electrons. The Kier molecular flexibility index (Phi) is 5.34. The number of likely N-dealkylation sites (tertiary alicyclic amines) is 1. The van der Waals surface area contributed by atoms with E-state index in [9.17, 15) is 4.79 Å². The van der Waals surface area contributed by atoms with Crippen LogP contribution in [0.4, 0.5) is 0 Å². The maximum Gasteiger partial charge on any atom is 0.222 e. The van der Waals surface area contributed by atoms with Crippen molar-refractivity contribution in [1.82, 2.24) is 19.9 Å². The van der Waals surface area contributed by atoms with Gasteiger partial charge in [-0.15, -0.1) is 5.10 Å². The number of amides is 1. The minimum Gasteiger partial charge on any atom is -0.343 e. The molecule has 1 saturated heterocycles. The van der Waals surface area contributed by atoms with Gasteiger partial charge in [-0.25, -0.2) is 4.68 Å².